The van der Waals surface area contributed by atoms with Gasteiger partial charge in [-0.25, -0.2) is 0 Å². The summed E-state index contributed by atoms with van der Waals surface area (Å²) in [5.74, 6) is 0.726. The Kier molecular flexibility index (Phi) is 5.79. The molecule has 0 aliphatic rings. The maximum Gasteiger partial charge on any atom is 0.174 e. The Bertz CT molecular complexity index is 637. The highest BCUT2D eigenvalue weighted by molar-refractivity contribution is 9.10. The van der Waals surface area contributed by atoms with E-state index in [0.29, 0.717) is 0 Å². The summed E-state index contributed by atoms with van der Waals surface area (Å²) in [4.78, 5) is 0. The normalized spacial score (nSPS) is 11.7. The molecule has 0 aliphatic heterocycles. The molecule has 0 bridgehead atoms. The Balaban J connectivity index is 1.97. The van der Waals surface area contributed by atoms with Crippen LogP contribution in [0.1, 0.15) is 24.1 Å². The number of nitrogens with zero attached hydrogens (tertiary/aromatic N) is 1. The molecule has 0 unspecified atom stereocenters. The highest BCUT2D eigenvalue weighted by Gasteiger charge is 2.08. The molecule has 1 atom stereocenters. The van der Waals surface area contributed by atoms with Crippen LogP contribution in [0.15, 0.2) is 53.0 Å². The third kappa shape index (κ3) is 4.59. The van der Waals surface area contributed by atoms with Crippen LogP contribution >= 0.6 is 15.9 Å². The first-order chi connectivity index (χ1) is 10.2. The number of hydrogen-bond donors (Lipinski definition) is 1. The van der Waals surface area contributed by atoms with Gasteiger partial charge in [0.25, 0.3) is 0 Å². The molecule has 21 heavy (non-hydrogen) atoms. The summed E-state index contributed by atoms with van der Waals surface area (Å²) in [6.45, 7) is 2.95. The number of benzene rings is 2. The van der Waals surface area contributed by atoms with Crippen LogP contribution in [-0.2, 0) is 6.54 Å². The second-order valence-corrected chi connectivity index (χ2v) is 5.57. The van der Waals surface area contributed by atoms with Gasteiger partial charge in [-0.3, -0.25) is 0 Å². The van der Waals surface area contributed by atoms with Crippen LogP contribution < -0.4 is 10.1 Å². The molecule has 2 aromatic rings. The number of nitrogens with one attached hydrogen (secondary N) is 1. The molecule has 1 N–H and O–H groups in total. The largest absolute Gasteiger partial charge is 0.479 e. The van der Waals surface area contributed by atoms with E-state index in [0.717, 1.165) is 22.3 Å². The monoisotopic (exact) mass is 344 g/mol. The first kappa shape index (κ1) is 15.6. The Morgan fingerprint density at radius 3 is 2.81 bits per heavy atom. The van der Waals surface area contributed by atoms with Crippen molar-refractivity contribution in [1.29, 1.82) is 5.26 Å². The number of rotatable bonds is 6. The minimum absolute atomic E-state index is 0.0737. The van der Waals surface area contributed by atoms with Crippen LogP contribution in [-0.4, -0.2) is 6.61 Å². The predicted octanol–water partition coefficient (Wildman–Crippen LogP) is 4.20. The standard InChI is InChI=1S/C17H17BrN2O/c1-13(16-7-2-3-8-17(16)18)20-12-14-5-4-6-15(11-14)21-10-9-19/h2-8,11,13,20H,10,12H2,1H3/t13-/m1/s1. The van der Waals surface area contributed by atoms with Crippen LogP contribution in [0, 0.1) is 11.3 Å². The SMILES string of the molecule is C[C@@H](NCc1cccc(OCC#N)c1)c1ccccc1Br. The minimum Gasteiger partial charge on any atom is -0.479 e. The van der Waals surface area contributed by atoms with Crippen LogP contribution in [0.4, 0.5) is 0 Å². The number of ether oxygens (including phenoxy) is 1. The van der Waals surface area contributed by atoms with Gasteiger partial charge in [-0.2, -0.15) is 5.26 Å². The fourth-order valence-electron chi connectivity index (χ4n) is 2.07. The third-order valence-corrected chi connectivity index (χ3v) is 3.91. The maximum absolute atomic E-state index is 8.53. The van der Waals surface area contributed by atoms with Gasteiger partial charge in [0.1, 0.15) is 11.8 Å². The van der Waals surface area contributed by atoms with E-state index >= 15 is 0 Å². The zero-order valence-corrected chi connectivity index (χ0v) is 13.4. The number of hydrogen-bond acceptors (Lipinski definition) is 3. The van der Waals surface area contributed by atoms with E-state index in [-0.39, 0.29) is 12.6 Å². The molecule has 0 fully saturated rings. The van der Waals surface area contributed by atoms with E-state index in [1.165, 1.54) is 5.56 Å². The summed E-state index contributed by atoms with van der Waals surface area (Å²) in [6.07, 6.45) is 0. The van der Waals surface area contributed by atoms with Crippen molar-refractivity contribution >= 4 is 15.9 Å². The molecule has 0 heterocycles. The van der Waals surface area contributed by atoms with Gasteiger partial charge in [-0.15, -0.1) is 0 Å². The third-order valence-electron chi connectivity index (χ3n) is 3.19. The lowest BCUT2D eigenvalue weighted by molar-refractivity contribution is 0.367. The van der Waals surface area contributed by atoms with Crippen molar-refractivity contribution < 1.29 is 4.74 Å². The molecule has 0 aromatic heterocycles. The van der Waals surface area contributed by atoms with Gasteiger partial charge in [0.15, 0.2) is 6.61 Å². The zero-order valence-electron chi connectivity index (χ0n) is 11.8. The smallest absolute Gasteiger partial charge is 0.174 e. The summed E-state index contributed by atoms with van der Waals surface area (Å²) >= 11 is 3.57. The lowest BCUT2D eigenvalue weighted by Crippen LogP contribution is -2.18. The molecule has 0 amide bonds. The first-order valence-electron chi connectivity index (χ1n) is 6.77. The van der Waals surface area contributed by atoms with Crippen molar-refractivity contribution in [3.05, 3.63) is 64.1 Å². The molecule has 108 valence electrons. The fourth-order valence-corrected chi connectivity index (χ4v) is 2.70. The first-order valence-corrected chi connectivity index (χ1v) is 7.56. The van der Waals surface area contributed by atoms with Crippen molar-refractivity contribution in [3.63, 3.8) is 0 Å². The van der Waals surface area contributed by atoms with Crippen molar-refractivity contribution in [1.82, 2.24) is 5.32 Å². The molecular weight excluding hydrogens is 328 g/mol. The Hall–Kier alpha value is -1.83. The molecule has 4 heteroatoms. The van der Waals surface area contributed by atoms with Gasteiger partial charge < -0.3 is 10.1 Å². The lowest BCUT2D eigenvalue weighted by Gasteiger charge is -2.16. The Labute approximate surface area is 133 Å². The highest BCUT2D eigenvalue weighted by atomic mass is 79.9. The average Bonchev–Trinajstić information content (AvgIpc) is 2.51. The van der Waals surface area contributed by atoms with Crippen molar-refractivity contribution in [2.24, 2.45) is 0 Å². The van der Waals surface area contributed by atoms with E-state index in [4.69, 9.17) is 10.00 Å². The van der Waals surface area contributed by atoms with Crippen LogP contribution in [0.5, 0.6) is 5.75 Å². The molecule has 0 radical (unpaired) electrons. The van der Waals surface area contributed by atoms with Crippen molar-refractivity contribution in [2.75, 3.05) is 6.61 Å². The molecule has 0 saturated carbocycles. The Morgan fingerprint density at radius 2 is 2.05 bits per heavy atom. The molecular formula is C17H17BrN2O. The van der Waals surface area contributed by atoms with Crippen molar-refractivity contribution in [3.8, 4) is 11.8 Å². The van der Waals surface area contributed by atoms with Gasteiger partial charge >= 0.3 is 0 Å². The second kappa shape index (κ2) is 7.82. The van der Waals surface area contributed by atoms with Gasteiger partial charge in [-0.1, -0.05) is 46.3 Å². The molecule has 2 aromatic carbocycles. The van der Waals surface area contributed by atoms with Gasteiger partial charge in [0, 0.05) is 17.1 Å². The van der Waals surface area contributed by atoms with E-state index < -0.39 is 0 Å². The van der Waals surface area contributed by atoms with Crippen LogP contribution in [0.3, 0.4) is 0 Å². The molecule has 3 nitrogen and oxygen atoms in total. The zero-order chi connectivity index (χ0) is 15.1. The summed E-state index contributed by atoms with van der Waals surface area (Å²) in [7, 11) is 0. The van der Waals surface area contributed by atoms with E-state index in [2.05, 4.69) is 34.2 Å². The van der Waals surface area contributed by atoms with E-state index in [1.54, 1.807) is 0 Å². The number of nitriles is 1. The predicted molar refractivity (Wildman–Crippen MR) is 86.9 cm³/mol. The van der Waals surface area contributed by atoms with Crippen molar-refractivity contribution in [2.45, 2.75) is 19.5 Å². The molecule has 0 saturated heterocycles. The maximum atomic E-state index is 8.53. The van der Waals surface area contributed by atoms with Gasteiger partial charge in [0.05, 0.1) is 0 Å². The van der Waals surface area contributed by atoms with E-state index in [9.17, 15) is 0 Å². The fraction of sp³-hybridized carbons (Fsp3) is 0.235. The van der Waals surface area contributed by atoms with E-state index in [1.807, 2.05) is 48.5 Å². The molecule has 2 rings (SSSR count). The quantitative estimate of drug-likeness (QED) is 0.853. The topological polar surface area (TPSA) is 45.0 Å². The summed E-state index contributed by atoms with van der Waals surface area (Å²) in [6, 6.07) is 18.2. The minimum atomic E-state index is 0.0737. The highest BCUT2D eigenvalue weighted by Crippen LogP contribution is 2.23. The van der Waals surface area contributed by atoms with Gasteiger partial charge in [-0.05, 0) is 36.2 Å². The summed E-state index contributed by atoms with van der Waals surface area (Å²) in [5.41, 5.74) is 2.36. The number of halogens is 1. The van der Waals surface area contributed by atoms with Crippen LogP contribution in [0.2, 0.25) is 0 Å². The molecule has 0 spiro atoms. The average molecular weight is 345 g/mol. The van der Waals surface area contributed by atoms with Crippen LogP contribution in [0.25, 0.3) is 0 Å². The lowest BCUT2D eigenvalue weighted by atomic mass is 10.1. The Morgan fingerprint density at radius 1 is 1.24 bits per heavy atom. The second-order valence-electron chi connectivity index (χ2n) is 4.72. The summed E-state index contributed by atoms with van der Waals surface area (Å²) < 4.78 is 6.42. The molecule has 0 aliphatic carbocycles. The van der Waals surface area contributed by atoms with Gasteiger partial charge in [0.2, 0.25) is 0 Å². The summed E-state index contributed by atoms with van der Waals surface area (Å²) in [5, 5.41) is 12.0.